The number of esters is 1. The van der Waals surface area contributed by atoms with Crippen LogP contribution in [0, 0.1) is 11.6 Å². The molecule has 0 aromatic heterocycles. The summed E-state index contributed by atoms with van der Waals surface area (Å²) in [5, 5.41) is 2.84. The Morgan fingerprint density at radius 3 is 2.47 bits per heavy atom. The molecule has 2 atom stereocenters. The van der Waals surface area contributed by atoms with Crippen LogP contribution in [0.1, 0.15) is 24.8 Å². The number of amides is 2. The molecule has 2 aliphatic heterocycles. The van der Waals surface area contributed by atoms with E-state index in [0.29, 0.717) is 24.2 Å². The maximum Gasteiger partial charge on any atom is 0.336 e. The van der Waals surface area contributed by atoms with E-state index in [1.165, 1.54) is 13.2 Å². The minimum absolute atomic E-state index is 0.159. The molecular weight excluding hydrogens is 446 g/mol. The summed E-state index contributed by atoms with van der Waals surface area (Å²) in [5.41, 5.74) is 0.863. The molecule has 9 heteroatoms. The van der Waals surface area contributed by atoms with Crippen molar-refractivity contribution in [2.24, 2.45) is 0 Å². The number of methoxy groups -OCH3 is 2. The van der Waals surface area contributed by atoms with Crippen LogP contribution in [0.5, 0.6) is 11.5 Å². The van der Waals surface area contributed by atoms with Crippen molar-refractivity contribution in [2.75, 3.05) is 27.4 Å². The van der Waals surface area contributed by atoms with Crippen LogP contribution in [0.3, 0.4) is 0 Å². The van der Waals surface area contributed by atoms with E-state index in [4.69, 9.17) is 14.2 Å². The van der Waals surface area contributed by atoms with E-state index in [1.54, 1.807) is 36.3 Å². The highest BCUT2D eigenvalue weighted by Gasteiger charge is 2.47. The minimum atomic E-state index is -0.746. The largest absolute Gasteiger partial charge is 0.497 e. The predicted octanol–water partition coefficient (Wildman–Crippen LogP) is 3.93. The van der Waals surface area contributed by atoms with Crippen LogP contribution in [-0.4, -0.2) is 56.4 Å². The summed E-state index contributed by atoms with van der Waals surface area (Å²) in [6, 6.07) is 9.30. The van der Waals surface area contributed by atoms with E-state index < -0.39 is 23.6 Å². The first-order valence-corrected chi connectivity index (χ1v) is 11.0. The minimum Gasteiger partial charge on any atom is -0.497 e. The summed E-state index contributed by atoms with van der Waals surface area (Å²) < 4.78 is 43.7. The molecule has 2 aliphatic rings. The lowest BCUT2D eigenvalue weighted by molar-refractivity contribution is -0.136. The highest BCUT2D eigenvalue weighted by molar-refractivity contribution is 6.01. The van der Waals surface area contributed by atoms with Crippen LogP contribution < -0.4 is 14.8 Å². The Kier molecular flexibility index (Phi) is 7.00. The van der Waals surface area contributed by atoms with Crippen LogP contribution >= 0.6 is 0 Å². The molecule has 34 heavy (non-hydrogen) atoms. The van der Waals surface area contributed by atoms with Crippen molar-refractivity contribution in [1.29, 1.82) is 0 Å². The van der Waals surface area contributed by atoms with Crippen LogP contribution in [0.2, 0.25) is 0 Å². The van der Waals surface area contributed by atoms with Crippen LogP contribution in [0.4, 0.5) is 13.6 Å². The topological polar surface area (TPSA) is 77.1 Å². The van der Waals surface area contributed by atoms with Crippen LogP contribution in [0.15, 0.2) is 48.0 Å². The van der Waals surface area contributed by atoms with Gasteiger partial charge in [-0.1, -0.05) is 0 Å². The average molecular weight is 472 g/mol. The van der Waals surface area contributed by atoms with E-state index in [9.17, 15) is 18.4 Å². The number of halogens is 2. The average Bonchev–Trinajstić information content (AvgIpc) is 3.15. The van der Waals surface area contributed by atoms with Gasteiger partial charge in [-0.25, -0.2) is 18.4 Å². The molecule has 1 N–H and O–H groups in total. The van der Waals surface area contributed by atoms with Crippen LogP contribution in [0.25, 0.3) is 5.57 Å². The quantitative estimate of drug-likeness (QED) is 0.488. The fourth-order valence-electron chi connectivity index (χ4n) is 4.67. The van der Waals surface area contributed by atoms with E-state index in [1.807, 2.05) is 0 Å². The lowest BCUT2D eigenvalue weighted by Gasteiger charge is -2.37. The number of benzene rings is 2. The first-order chi connectivity index (χ1) is 16.4. The van der Waals surface area contributed by atoms with Crippen molar-refractivity contribution < 1.29 is 32.6 Å². The maximum atomic E-state index is 14.6. The molecule has 0 aliphatic carbocycles. The second kappa shape index (κ2) is 10.1. The van der Waals surface area contributed by atoms with Crippen molar-refractivity contribution in [1.82, 2.24) is 10.2 Å². The molecule has 1 fully saturated rings. The fourth-order valence-corrected chi connectivity index (χ4v) is 4.67. The lowest BCUT2D eigenvalue weighted by atomic mass is 9.88. The van der Waals surface area contributed by atoms with Gasteiger partial charge in [0.25, 0.3) is 0 Å². The fraction of sp³-hybridized carbons (Fsp3) is 0.360. The summed E-state index contributed by atoms with van der Waals surface area (Å²) in [4.78, 5) is 27.3. The Morgan fingerprint density at radius 2 is 1.79 bits per heavy atom. The summed E-state index contributed by atoms with van der Waals surface area (Å²) in [6.45, 7) is 0.518. The SMILES string of the molecule is COC(=O)C1=C(c2ccc(F)cc2F)C[C@@H]2CC[C@H]1N2C(=O)NCCOc1ccc(OC)cc1. The third-order valence-corrected chi connectivity index (χ3v) is 6.20. The molecule has 2 aromatic rings. The van der Waals surface area contributed by atoms with Crippen molar-refractivity contribution >= 4 is 17.6 Å². The highest BCUT2D eigenvalue weighted by Crippen LogP contribution is 2.44. The molecule has 180 valence electrons. The molecule has 2 aromatic carbocycles. The van der Waals surface area contributed by atoms with Crippen molar-refractivity contribution in [3.05, 3.63) is 65.2 Å². The summed E-state index contributed by atoms with van der Waals surface area (Å²) >= 11 is 0. The van der Waals surface area contributed by atoms with E-state index in [0.717, 1.165) is 17.9 Å². The smallest absolute Gasteiger partial charge is 0.336 e. The van der Waals surface area contributed by atoms with Gasteiger partial charge >= 0.3 is 12.0 Å². The van der Waals surface area contributed by atoms with Gasteiger partial charge in [0.1, 0.15) is 29.7 Å². The van der Waals surface area contributed by atoms with Gasteiger partial charge in [-0.15, -0.1) is 0 Å². The lowest BCUT2D eigenvalue weighted by Crippen LogP contribution is -2.51. The number of rotatable bonds is 7. The first kappa shape index (κ1) is 23.5. The van der Waals surface area contributed by atoms with Crippen LogP contribution in [-0.2, 0) is 9.53 Å². The molecule has 2 amide bonds. The van der Waals surface area contributed by atoms with Crippen molar-refractivity contribution in [3.63, 3.8) is 0 Å². The number of carbonyl (C=O) groups is 2. The predicted molar refractivity (Wildman–Crippen MR) is 120 cm³/mol. The van der Waals surface area contributed by atoms with E-state index in [2.05, 4.69) is 5.32 Å². The Morgan fingerprint density at radius 1 is 1.06 bits per heavy atom. The molecular formula is C25H26F2N2O5. The summed E-state index contributed by atoms with van der Waals surface area (Å²) in [6.07, 6.45) is 1.49. The number of fused-ring (bicyclic) bond motifs is 2. The second-order valence-corrected chi connectivity index (χ2v) is 8.12. The third-order valence-electron chi connectivity index (χ3n) is 6.20. The zero-order chi connectivity index (χ0) is 24.2. The number of hydrogen-bond donors (Lipinski definition) is 1. The zero-order valence-electron chi connectivity index (χ0n) is 19.0. The Hall–Kier alpha value is -3.62. The van der Waals surface area contributed by atoms with Gasteiger partial charge in [0, 0.05) is 17.7 Å². The normalized spacial score (nSPS) is 19.1. The Bertz CT molecular complexity index is 1100. The molecule has 0 unspecified atom stereocenters. The van der Waals surface area contributed by atoms with Gasteiger partial charge < -0.3 is 24.4 Å². The molecule has 0 saturated carbocycles. The molecule has 1 saturated heterocycles. The maximum absolute atomic E-state index is 14.6. The number of urea groups is 1. The molecule has 7 nitrogen and oxygen atoms in total. The van der Waals surface area contributed by atoms with Gasteiger partial charge in [0.15, 0.2) is 0 Å². The Balaban J connectivity index is 1.46. The second-order valence-electron chi connectivity index (χ2n) is 8.12. The van der Waals surface area contributed by atoms with Crippen molar-refractivity contribution in [3.8, 4) is 11.5 Å². The molecule has 2 bridgehead atoms. The highest BCUT2D eigenvalue weighted by atomic mass is 19.1. The number of nitrogens with one attached hydrogen (secondary N) is 1. The molecule has 0 radical (unpaired) electrons. The summed E-state index contributed by atoms with van der Waals surface area (Å²) in [7, 11) is 2.83. The summed E-state index contributed by atoms with van der Waals surface area (Å²) in [5.74, 6) is -0.697. The van der Waals surface area contributed by atoms with Gasteiger partial charge in [-0.3, -0.25) is 0 Å². The number of nitrogens with zero attached hydrogens (tertiary/aromatic N) is 1. The van der Waals surface area contributed by atoms with Crippen molar-refractivity contribution in [2.45, 2.75) is 31.3 Å². The third kappa shape index (κ3) is 4.69. The molecule has 2 heterocycles. The Labute approximate surface area is 196 Å². The zero-order valence-corrected chi connectivity index (χ0v) is 19.0. The number of carbonyl (C=O) groups excluding carboxylic acids is 2. The molecule has 4 rings (SSSR count). The van der Waals surface area contributed by atoms with Gasteiger partial charge in [-0.05, 0) is 61.2 Å². The van der Waals surface area contributed by atoms with E-state index in [-0.39, 0.29) is 42.8 Å². The van der Waals surface area contributed by atoms with Gasteiger partial charge in [0.2, 0.25) is 0 Å². The van der Waals surface area contributed by atoms with E-state index >= 15 is 0 Å². The molecule has 0 spiro atoms. The first-order valence-electron chi connectivity index (χ1n) is 11.0. The standard InChI is InChI=1S/C25H26F2N2O5/c1-32-17-5-7-18(8-6-17)34-12-11-28-25(31)29-16-4-10-22(29)23(24(30)33-2)20(14-16)19-9-3-15(26)13-21(19)27/h3,5-9,13,16,22H,4,10-12,14H2,1-2H3,(H,28,31)/t16-,22+/m0/s1. The monoisotopic (exact) mass is 472 g/mol. The van der Waals surface area contributed by atoms with Gasteiger partial charge in [-0.2, -0.15) is 0 Å². The van der Waals surface area contributed by atoms with Gasteiger partial charge in [0.05, 0.1) is 32.4 Å². The number of ether oxygens (including phenoxy) is 3. The number of hydrogen-bond acceptors (Lipinski definition) is 5.